The number of aliphatic hydroxyl groups is 1. The molecule has 6 aromatic heterocycles. The second kappa shape index (κ2) is 25.1. The van der Waals surface area contributed by atoms with E-state index in [0.29, 0.717) is 85.7 Å². The Morgan fingerprint density at radius 1 is 0.765 bits per heavy atom. The van der Waals surface area contributed by atoms with Crippen LogP contribution in [-0.4, -0.2) is 120 Å². The van der Waals surface area contributed by atoms with Crippen LogP contribution in [0.25, 0.3) is 37.9 Å². The molecule has 2 unspecified atom stereocenters. The Morgan fingerprint density at radius 2 is 1.28 bits per heavy atom. The van der Waals surface area contributed by atoms with E-state index in [0.717, 1.165) is 104 Å². The molecule has 4 aliphatic rings. The molecule has 2 aliphatic carbocycles. The van der Waals surface area contributed by atoms with Crippen LogP contribution in [0.1, 0.15) is 142 Å². The van der Waals surface area contributed by atoms with Gasteiger partial charge in [-0.2, -0.15) is 19.2 Å². The fraction of sp³-hybridized carbons (Fsp3) is 0.644. The molecule has 17 nitrogen and oxygen atoms in total. The summed E-state index contributed by atoms with van der Waals surface area (Å²) in [6.07, 6.45) is 17.9. The summed E-state index contributed by atoms with van der Waals surface area (Å²) in [6.45, 7) is 37.0. The maximum atomic E-state index is 12.5. The molecule has 442 valence electrons. The molecule has 0 aromatic carbocycles. The van der Waals surface area contributed by atoms with Gasteiger partial charge in [0.25, 0.3) is 0 Å². The smallest absolute Gasteiger partial charge is 0.192 e. The number of anilines is 2. The summed E-state index contributed by atoms with van der Waals surface area (Å²) >= 11 is 3.08. The Bertz CT molecular complexity index is 3130. The normalized spacial score (nSPS) is 21.2. The van der Waals surface area contributed by atoms with Crippen LogP contribution in [0.2, 0.25) is 69.5 Å². The number of carbonyl (C=O) groups excluding carboxylic acids is 1. The van der Waals surface area contributed by atoms with Gasteiger partial charge in [0.1, 0.15) is 40.9 Å². The lowest BCUT2D eigenvalue weighted by Crippen LogP contribution is -2.40. The Kier molecular flexibility index (Phi) is 19.0. The van der Waals surface area contributed by atoms with Crippen molar-refractivity contribution in [2.24, 2.45) is 11.8 Å². The molecule has 0 radical (unpaired) electrons. The van der Waals surface area contributed by atoms with Crippen molar-refractivity contribution < 1.29 is 28.5 Å². The highest BCUT2D eigenvalue weighted by molar-refractivity contribution is 7.15. The molecule has 81 heavy (non-hydrogen) atoms. The molecule has 6 atom stereocenters. The standard InChI is InChI=1S/C40H69N5O4SSi3.C19H22N6O2S/c1-14-48-29(2)36-37(32-22-30-15-16-31(21-30)23-32)43-38-33(34-25-41-35(50-34)26-49-53(12,13)40(3,4)5)24-42-45(38)39(36)44(27-46-17-19-51(6,7)8)28-47-18-20-52(9,10)11;1-9(27)16-17(10-4-11-2-3-12(5-10)23-11)24-19-13(6-22-25(19)18(16)20)14-7-21-15(8-26)28-14/h24-25,30-32H,2,14-23,26-28H2,1,3-13H3;6-7,10-12,23,26H,2-5,8,20H2,1H3/t30-,31+,32?;10?,11-,12+. The lowest BCUT2D eigenvalue weighted by Gasteiger charge is -2.35. The van der Waals surface area contributed by atoms with Crippen LogP contribution >= 0.6 is 22.7 Å². The molecule has 8 heterocycles. The van der Waals surface area contributed by atoms with Gasteiger partial charge in [-0.15, -0.1) is 22.7 Å². The van der Waals surface area contributed by atoms with Crippen molar-refractivity contribution in [2.75, 3.05) is 43.9 Å². The van der Waals surface area contributed by atoms with Gasteiger partial charge >= 0.3 is 0 Å². The van der Waals surface area contributed by atoms with Crippen molar-refractivity contribution in [3.63, 3.8) is 0 Å². The summed E-state index contributed by atoms with van der Waals surface area (Å²) < 4.78 is 29.4. The van der Waals surface area contributed by atoms with E-state index in [4.69, 9.17) is 44.4 Å². The molecule has 6 aromatic rings. The minimum absolute atomic E-state index is 0.0785. The summed E-state index contributed by atoms with van der Waals surface area (Å²) in [5, 5.41) is 24.2. The summed E-state index contributed by atoms with van der Waals surface area (Å²) in [5.41, 5.74) is 13.0. The second-order valence-corrected chi connectivity index (χ2v) is 45.4. The number of carbonyl (C=O) groups is 1. The van der Waals surface area contributed by atoms with E-state index >= 15 is 0 Å². The zero-order chi connectivity index (χ0) is 58.2. The number of aromatic nitrogens is 8. The summed E-state index contributed by atoms with van der Waals surface area (Å²) in [7, 11) is -4.49. The average Bonchev–Trinajstić information content (AvgIpc) is 3.49. The van der Waals surface area contributed by atoms with Crippen molar-refractivity contribution in [1.82, 2.24) is 44.5 Å². The molecule has 22 heteroatoms. The van der Waals surface area contributed by atoms with E-state index in [2.05, 4.69) is 100 Å². The number of nitrogens with one attached hydrogen (secondary N) is 1. The number of hydrogen-bond donors (Lipinski definition) is 3. The highest BCUT2D eigenvalue weighted by Crippen LogP contribution is 2.51. The SMILES string of the molecule is C=C(OCC)c1c(C2C[C@H]3CC[C@@H](C2)C3)nc2c(-c3cnc(CO[Si](C)(C)C(C)(C)C)s3)cnn2c1N(COCC[Si](C)(C)C)COCC[Si](C)(C)C.CC(=O)c1c(C2C[C@H]3CC[C@@H](C2)N3)nc2c(-c3cnc(CO)s3)cnn2c1N. The molecular formula is C59H91N11O6S2Si3. The summed E-state index contributed by atoms with van der Waals surface area (Å²) in [5.74, 6) is 3.81. The molecule has 10 rings (SSSR count). The number of fused-ring (bicyclic) bond motifs is 6. The minimum Gasteiger partial charge on any atom is -0.494 e. The van der Waals surface area contributed by atoms with E-state index in [-0.39, 0.29) is 23.3 Å². The van der Waals surface area contributed by atoms with Crippen LogP contribution in [-0.2, 0) is 31.9 Å². The van der Waals surface area contributed by atoms with Gasteiger partial charge in [0.05, 0.1) is 75.6 Å². The average molecular weight is 1200 g/mol. The summed E-state index contributed by atoms with van der Waals surface area (Å²) in [6, 6.07) is 3.16. The van der Waals surface area contributed by atoms with Crippen molar-refractivity contribution in [1.29, 1.82) is 0 Å². The number of ether oxygens (including phenoxy) is 3. The molecule has 2 aliphatic heterocycles. The maximum absolute atomic E-state index is 12.5. The molecule has 0 spiro atoms. The second-order valence-electron chi connectivity index (χ2n) is 27.2. The van der Waals surface area contributed by atoms with Crippen LogP contribution in [0, 0.1) is 11.8 Å². The maximum Gasteiger partial charge on any atom is 0.192 e. The quantitative estimate of drug-likeness (QED) is 0.0180. The van der Waals surface area contributed by atoms with Gasteiger partial charge in [0, 0.05) is 65.7 Å². The predicted octanol–water partition coefficient (Wildman–Crippen LogP) is 13.2. The largest absolute Gasteiger partial charge is 0.494 e. The van der Waals surface area contributed by atoms with E-state index in [1.807, 2.05) is 23.8 Å². The number of thiazole rings is 2. The van der Waals surface area contributed by atoms with Gasteiger partial charge < -0.3 is 39.7 Å². The number of aliphatic hydroxyl groups excluding tert-OH is 1. The highest BCUT2D eigenvalue weighted by atomic mass is 32.1. The van der Waals surface area contributed by atoms with Crippen LogP contribution in [0.4, 0.5) is 11.6 Å². The van der Waals surface area contributed by atoms with Crippen molar-refractivity contribution in [3.8, 4) is 20.9 Å². The van der Waals surface area contributed by atoms with Gasteiger partial charge in [-0.05, 0) is 101 Å². The Labute approximate surface area is 491 Å². The third-order valence-electron chi connectivity index (χ3n) is 17.4. The Balaban J connectivity index is 0.000000235. The number of Topliss-reactive ketones (excluding diaryl/α,β-unsaturated/α-hetero) is 1. The van der Waals surface area contributed by atoms with Crippen LogP contribution in [0.15, 0.2) is 31.4 Å². The highest BCUT2D eigenvalue weighted by Gasteiger charge is 2.41. The predicted molar refractivity (Wildman–Crippen MR) is 336 cm³/mol. The first-order chi connectivity index (χ1) is 38.3. The molecule has 4 fully saturated rings. The van der Waals surface area contributed by atoms with Gasteiger partial charge in [0.2, 0.25) is 0 Å². The molecule has 4 bridgehead atoms. The zero-order valence-corrected chi connectivity index (χ0v) is 55.2. The molecular weight excluding hydrogens is 1110 g/mol. The van der Waals surface area contributed by atoms with Crippen LogP contribution in [0.3, 0.4) is 0 Å². The first-order valence-electron chi connectivity index (χ1n) is 29.5. The summed E-state index contributed by atoms with van der Waals surface area (Å²) in [4.78, 5) is 36.2. The number of nitrogens with two attached hydrogens (primary N) is 1. The monoisotopic (exact) mass is 1200 g/mol. The molecule has 0 amide bonds. The van der Waals surface area contributed by atoms with Crippen molar-refractivity contribution in [2.45, 2.75) is 199 Å². The number of nitrogen functional groups attached to an aromatic ring is 1. The zero-order valence-electron chi connectivity index (χ0n) is 50.6. The Morgan fingerprint density at radius 3 is 1.80 bits per heavy atom. The van der Waals surface area contributed by atoms with Gasteiger partial charge in [-0.3, -0.25) is 4.79 Å². The van der Waals surface area contributed by atoms with Crippen LogP contribution < -0.4 is 16.0 Å². The molecule has 2 saturated carbocycles. The van der Waals surface area contributed by atoms with E-state index in [9.17, 15) is 9.90 Å². The van der Waals surface area contributed by atoms with Gasteiger partial charge in [0.15, 0.2) is 25.4 Å². The van der Waals surface area contributed by atoms with E-state index < -0.39 is 24.5 Å². The number of rotatable bonds is 23. The lowest BCUT2D eigenvalue weighted by atomic mass is 9.78. The molecule has 4 N–H and O–H groups in total. The van der Waals surface area contributed by atoms with Crippen LogP contribution in [0.5, 0.6) is 0 Å². The van der Waals surface area contributed by atoms with Crippen molar-refractivity contribution in [3.05, 3.63) is 63.9 Å². The third-order valence-corrected chi connectivity index (χ3v) is 27.3. The Hall–Kier alpha value is -4.24. The number of nitrogens with zero attached hydrogens (tertiary/aromatic N) is 9. The minimum atomic E-state index is -1.92. The van der Waals surface area contributed by atoms with Crippen molar-refractivity contribution >= 4 is 81.6 Å². The first kappa shape index (κ1) is 61.3. The number of ketones is 1. The first-order valence-corrected chi connectivity index (χ1v) is 41.5. The lowest BCUT2D eigenvalue weighted by molar-refractivity contribution is 0.0940. The van der Waals surface area contributed by atoms with Gasteiger partial charge in [-0.1, -0.05) is 79.5 Å². The number of piperidine rings is 1. The topological polar surface area (TPSA) is 202 Å². The molecule has 2 saturated heterocycles. The third kappa shape index (κ3) is 14.3. The van der Waals surface area contributed by atoms with Gasteiger partial charge in [-0.25, -0.2) is 19.9 Å². The fourth-order valence-electron chi connectivity index (χ4n) is 11.9. The van der Waals surface area contributed by atoms with E-state index in [1.54, 1.807) is 35.2 Å². The van der Waals surface area contributed by atoms with E-state index in [1.165, 1.54) is 43.4 Å². The fourth-order valence-corrected chi connectivity index (χ4v) is 16.0. The number of hydrogen-bond acceptors (Lipinski definition) is 17.